The Hall–Kier alpha value is -1.46. The molecule has 0 spiro atoms. The Kier molecular flexibility index (Phi) is 5.25. The molecule has 18 heavy (non-hydrogen) atoms. The van der Waals surface area contributed by atoms with Crippen LogP contribution in [0.3, 0.4) is 0 Å². The average molecular weight is 258 g/mol. The molecule has 0 aromatic carbocycles. The summed E-state index contributed by atoms with van der Waals surface area (Å²) in [6.45, 7) is 9.03. The van der Waals surface area contributed by atoms with Gasteiger partial charge in [-0.15, -0.1) is 0 Å². The molecule has 1 aliphatic heterocycles. The van der Waals surface area contributed by atoms with Gasteiger partial charge in [-0.2, -0.15) is 0 Å². The lowest BCUT2D eigenvalue weighted by Crippen LogP contribution is -2.59. The molecule has 0 bridgehead atoms. The third-order valence-corrected chi connectivity index (χ3v) is 2.92. The van der Waals surface area contributed by atoms with Gasteiger partial charge in [0.2, 0.25) is 0 Å². The van der Waals surface area contributed by atoms with E-state index in [4.69, 9.17) is 9.47 Å². The molecule has 6 nitrogen and oxygen atoms in total. The molecule has 2 unspecified atom stereocenters. The first kappa shape index (κ1) is 14.6. The van der Waals surface area contributed by atoms with E-state index in [0.29, 0.717) is 26.3 Å². The van der Waals surface area contributed by atoms with E-state index < -0.39 is 0 Å². The Morgan fingerprint density at radius 1 is 1.00 bits per heavy atom. The fraction of sp³-hybridized carbons (Fsp3) is 0.833. The molecule has 2 atom stereocenters. The summed E-state index contributed by atoms with van der Waals surface area (Å²) in [7, 11) is 0. The van der Waals surface area contributed by atoms with Gasteiger partial charge in [0.05, 0.1) is 25.3 Å². The molecule has 0 radical (unpaired) electrons. The Morgan fingerprint density at radius 2 is 1.44 bits per heavy atom. The fourth-order valence-corrected chi connectivity index (χ4v) is 2.24. The fourth-order valence-electron chi connectivity index (χ4n) is 2.24. The van der Waals surface area contributed by atoms with Gasteiger partial charge in [0.25, 0.3) is 0 Å². The number of carbonyl (C=O) groups is 2. The van der Waals surface area contributed by atoms with Crippen molar-refractivity contribution >= 4 is 12.2 Å². The summed E-state index contributed by atoms with van der Waals surface area (Å²) in [6, 6.07) is -0.144. The second-order valence-corrected chi connectivity index (χ2v) is 4.41. The van der Waals surface area contributed by atoms with Gasteiger partial charge in [0.1, 0.15) is 0 Å². The summed E-state index contributed by atoms with van der Waals surface area (Å²) in [5.74, 6) is 0. The van der Waals surface area contributed by atoms with Crippen molar-refractivity contribution in [2.45, 2.75) is 39.8 Å². The minimum absolute atomic E-state index is 0.0720. The molecule has 0 aromatic heterocycles. The van der Waals surface area contributed by atoms with Gasteiger partial charge in [-0.3, -0.25) is 4.90 Å². The lowest BCUT2D eigenvalue weighted by atomic mass is 10.1. The second-order valence-electron chi connectivity index (χ2n) is 4.41. The van der Waals surface area contributed by atoms with E-state index >= 15 is 0 Å². The molecule has 1 rings (SSSR count). The monoisotopic (exact) mass is 258 g/mol. The number of hydrogen-bond donors (Lipinski definition) is 0. The van der Waals surface area contributed by atoms with Crippen molar-refractivity contribution in [2.24, 2.45) is 0 Å². The van der Waals surface area contributed by atoms with E-state index in [1.165, 1.54) is 0 Å². The third kappa shape index (κ3) is 3.27. The summed E-state index contributed by atoms with van der Waals surface area (Å²) in [5.41, 5.74) is 0. The summed E-state index contributed by atoms with van der Waals surface area (Å²) >= 11 is 0. The molecule has 0 N–H and O–H groups in total. The molecular formula is C12H22N2O4. The highest BCUT2D eigenvalue weighted by Crippen LogP contribution is 2.17. The smallest absolute Gasteiger partial charge is 0.410 e. The first-order chi connectivity index (χ1) is 8.51. The van der Waals surface area contributed by atoms with Crippen LogP contribution in [-0.2, 0) is 9.47 Å². The molecule has 104 valence electrons. The lowest BCUT2D eigenvalue weighted by Gasteiger charge is -2.42. The summed E-state index contributed by atoms with van der Waals surface area (Å²) in [6.07, 6.45) is -0.638. The van der Waals surface area contributed by atoms with Crippen LogP contribution in [0.2, 0.25) is 0 Å². The molecule has 0 aromatic rings. The standard InChI is InChI=1S/C12H22N2O4/c1-5-17-11(15)13-7-9(3)14(10(4)8-13)12(16)18-6-2/h9-10H,5-8H2,1-4H3. The van der Waals surface area contributed by atoms with E-state index in [-0.39, 0.29) is 24.3 Å². The van der Waals surface area contributed by atoms with Gasteiger partial charge >= 0.3 is 12.2 Å². The van der Waals surface area contributed by atoms with Crippen molar-refractivity contribution < 1.29 is 19.1 Å². The zero-order valence-corrected chi connectivity index (χ0v) is 11.5. The maximum absolute atomic E-state index is 11.8. The van der Waals surface area contributed by atoms with Crippen molar-refractivity contribution in [3.63, 3.8) is 0 Å². The molecule has 1 aliphatic rings. The van der Waals surface area contributed by atoms with Crippen molar-refractivity contribution in [1.82, 2.24) is 9.80 Å². The molecule has 1 heterocycles. The van der Waals surface area contributed by atoms with Gasteiger partial charge in [-0.1, -0.05) is 0 Å². The van der Waals surface area contributed by atoms with Crippen LogP contribution >= 0.6 is 0 Å². The molecule has 2 amide bonds. The lowest BCUT2D eigenvalue weighted by molar-refractivity contribution is 0.0206. The molecule has 0 aliphatic carbocycles. The minimum Gasteiger partial charge on any atom is -0.450 e. The van der Waals surface area contributed by atoms with Gasteiger partial charge in [0, 0.05) is 13.1 Å². The molecular weight excluding hydrogens is 236 g/mol. The number of rotatable bonds is 2. The minimum atomic E-state index is -0.320. The highest BCUT2D eigenvalue weighted by atomic mass is 16.6. The Labute approximate surface area is 108 Å². The zero-order chi connectivity index (χ0) is 13.7. The number of carbonyl (C=O) groups excluding carboxylic acids is 2. The second kappa shape index (κ2) is 6.47. The SMILES string of the molecule is CCOC(=O)N1CC(C)N(C(=O)OCC)C(C)C1. The van der Waals surface area contributed by atoms with Gasteiger partial charge in [0.15, 0.2) is 0 Å². The van der Waals surface area contributed by atoms with Gasteiger partial charge in [-0.05, 0) is 27.7 Å². The third-order valence-electron chi connectivity index (χ3n) is 2.92. The predicted octanol–water partition coefficient (Wildman–Crippen LogP) is 1.69. The van der Waals surface area contributed by atoms with Crippen LogP contribution < -0.4 is 0 Å². The van der Waals surface area contributed by atoms with Crippen LogP contribution in [0.25, 0.3) is 0 Å². The maximum atomic E-state index is 11.8. The van der Waals surface area contributed by atoms with Crippen LogP contribution in [0.15, 0.2) is 0 Å². The molecule has 1 saturated heterocycles. The van der Waals surface area contributed by atoms with Crippen molar-refractivity contribution in [2.75, 3.05) is 26.3 Å². The summed E-state index contributed by atoms with van der Waals surface area (Å²) < 4.78 is 9.99. The van der Waals surface area contributed by atoms with Crippen molar-refractivity contribution in [3.8, 4) is 0 Å². The van der Waals surface area contributed by atoms with Gasteiger partial charge in [-0.25, -0.2) is 9.59 Å². The highest BCUT2D eigenvalue weighted by Gasteiger charge is 2.35. The number of hydrogen-bond acceptors (Lipinski definition) is 4. The van der Waals surface area contributed by atoms with E-state index in [2.05, 4.69) is 0 Å². The van der Waals surface area contributed by atoms with Crippen molar-refractivity contribution in [3.05, 3.63) is 0 Å². The quantitative estimate of drug-likeness (QED) is 0.756. The number of piperazine rings is 1. The normalized spacial score (nSPS) is 23.8. The molecule has 0 saturated carbocycles. The number of ether oxygens (including phenoxy) is 2. The average Bonchev–Trinajstić information content (AvgIpc) is 2.28. The summed E-state index contributed by atoms with van der Waals surface area (Å²) in [4.78, 5) is 26.8. The van der Waals surface area contributed by atoms with Crippen LogP contribution in [0.5, 0.6) is 0 Å². The number of nitrogens with zero attached hydrogens (tertiary/aromatic N) is 2. The largest absolute Gasteiger partial charge is 0.450 e. The Morgan fingerprint density at radius 3 is 1.89 bits per heavy atom. The van der Waals surface area contributed by atoms with Crippen LogP contribution in [0.1, 0.15) is 27.7 Å². The van der Waals surface area contributed by atoms with E-state index in [1.807, 2.05) is 13.8 Å². The van der Waals surface area contributed by atoms with Gasteiger partial charge < -0.3 is 14.4 Å². The molecule has 1 fully saturated rings. The van der Waals surface area contributed by atoms with Crippen LogP contribution in [0.4, 0.5) is 9.59 Å². The van der Waals surface area contributed by atoms with Crippen LogP contribution in [0, 0.1) is 0 Å². The predicted molar refractivity (Wildman–Crippen MR) is 66.4 cm³/mol. The number of amides is 2. The topological polar surface area (TPSA) is 59.1 Å². The molecule has 6 heteroatoms. The van der Waals surface area contributed by atoms with E-state index in [1.54, 1.807) is 23.6 Å². The first-order valence-corrected chi connectivity index (χ1v) is 6.38. The van der Waals surface area contributed by atoms with Crippen LogP contribution in [-0.4, -0.2) is 60.4 Å². The first-order valence-electron chi connectivity index (χ1n) is 6.38. The van der Waals surface area contributed by atoms with E-state index in [0.717, 1.165) is 0 Å². The highest BCUT2D eigenvalue weighted by molar-refractivity contribution is 5.71. The van der Waals surface area contributed by atoms with Crippen molar-refractivity contribution in [1.29, 1.82) is 0 Å². The summed E-state index contributed by atoms with van der Waals surface area (Å²) in [5, 5.41) is 0. The Bertz CT molecular complexity index is 296. The maximum Gasteiger partial charge on any atom is 0.410 e. The Balaban J connectivity index is 2.65. The zero-order valence-electron chi connectivity index (χ0n) is 11.5. The van der Waals surface area contributed by atoms with E-state index in [9.17, 15) is 9.59 Å².